The minimum Gasteiger partial charge on any atom is -0.211 e. The lowest BCUT2D eigenvalue weighted by Crippen LogP contribution is -2.24. The highest BCUT2D eigenvalue weighted by Crippen LogP contribution is 2.25. The summed E-state index contributed by atoms with van der Waals surface area (Å²) in [6.45, 7) is 0.412. The van der Waals surface area contributed by atoms with Crippen LogP contribution in [0.1, 0.15) is 12.8 Å². The van der Waals surface area contributed by atoms with Gasteiger partial charge in [-0.25, -0.2) is 13.1 Å². The van der Waals surface area contributed by atoms with Gasteiger partial charge in [-0.2, -0.15) is 0 Å². The zero-order valence-corrected chi connectivity index (χ0v) is 14.8. The Morgan fingerprint density at radius 3 is 2.33 bits per heavy atom. The molecule has 3 rings (SSSR count). The van der Waals surface area contributed by atoms with Crippen molar-refractivity contribution in [2.24, 2.45) is 0 Å². The van der Waals surface area contributed by atoms with E-state index in [2.05, 4.69) is 16.9 Å². The Labute approximate surface area is 147 Å². The molecule has 0 bridgehead atoms. The smallest absolute Gasteiger partial charge is 0.211 e. The third-order valence-corrected chi connectivity index (χ3v) is 6.21. The van der Waals surface area contributed by atoms with E-state index >= 15 is 0 Å². The van der Waals surface area contributed by atoms with Gasteiger partial charge >= 0.3 is 0 Å². The van der Waals surface area contributed by atoms with Gasteiger partial charge in [0, 0.05) is 6.54 Å². The Morgan fingerprint density at radius 2 is 1.67 bits per heavy atom. The lowest BCUT2D eigenvalue weighted by Gasteiger charge is -2.10. The Bertz CT molecular complexity index is 839. The number of hydrogen-bond donors (Lipinski definition) is 1. The Morgan fingerprint density at radius 1 is 0.958 bits per heavy atom. The predicted octanol–water partition coefficient (Wildman–Crippen LogP) is 4.56. The molecular weight excluding hydrogens is 338 g/mol. The molecular formula is C19H19NO2S2. The number of sulfonamides is 1. The van der Waals surface area contributed by atoms with E-state index in [1.807, 2.05) is 47.9 Å². The highest BCUT2D eigenvalue weighted by molar-refractivity contribution is 8.05. The fourth-order valence-electron chi connectivity index (χ4n) is 2.45. The van der Waals surface area contributed by atoms with Gasteiger partial charge in [0.15, 0.2) is 0 Å². The summed E-state index contributed by atoms with van der Waals surface area (Å²) in [4.78, 5) is 1.51. The summed E-state index contributed by atoms with van der Waals surface area (Å²) in [5.74, 6) is 0. The molecule has 24 heavy (non-hydrogen) atoms. The van der Waals surface area contributed by atoms with Crippen LogP contribution in [0.15, 0.2) is 82.0 Å². The zero-order chi connectivity index (χ0) is 16.8. The fraction of sp³-hybridized carbons (Fsp3) is 0.158. The van der Waals surface area contributed by atoms with Crippen LogP contribution in [0.3, 0.4) is 0 Å². The highest BCUT2D eigenvalue weighted by atomic mass is 32.2. The van der Waals surface area contributed by atoms with E-state index in [0.29, 0.717) is 11.4 Å². The maximum atomic E-state index is 12.4. The van der Waals surface area contributed by atoms with E-state index in [0.717, 1.165) is 24.0 Å². The van der Waals surface area contributed by atoms with Crippen LogP contribution in [0.4, 0.5) is 0 Å². The molecule has 2 aromatic rings. The zero-order valence-electron chi connectivity index (χ0n) is 13.2. The topological polar surface area (TPSA) is 46.2 Å². The molecule has 0 aliphatic carbocycles. The summed E-state index contributed by atoms with van der Waals surface area (Å²) < 4.78 is 27.4. The van der Waals surface area contributed by atoms with Gasteiger partial charge in [0.25, 0.3) is 0 Å². The maximum Gasteiger partial charge on any atom is 0.240 e. The third kappa shape index (κ3) is 4.38. The van der Waals surface area contributed by atoms with Crippen molar-refractivity contribution in [3.05, 3.63) is 77.1 Å². The Hall–Kier alpha value is -1.82. The maximum absolute atomic E-state index is 12.4. The number of thioether (sulfide) groups is 1. The summed E-state index contributed by atoms with van der Waals surface area (Å²) in [5.41, 5.74) is 2.08. The van der Waals surface area contributed by atoms with Crippen molar-refractivity contribution in [3.8, 4) is 11.1 Å². The first-order chi connectivity index (χ1) is 11.6. The normalized spacial score (nSPS) is 14.4. The number of benzene rings is 2. The van der Waals surface area contributed by atoms with Crippen LogP contribution in [0, 0.1) is 0 Å². The summed E-state index contributed by atoms with van der Waals surface area (Å²) in [5, 5.41) is 2.05. The van der Waals surface area contributed by atoms with Crippen LogP contribution >= 0.6 is 11.8 Å². The Balaban J connectivity index is 1.63. The van der Waals surface area contributed by atoms with Crippen molar-refractivity contribution in [2.45, 2.75) is 17.7 Å². The van der Waals surface area contributed by atoms with Crippen LogP contribution in [0.25, 0.3) is 11.1 Å². The van der Waals surface area contributed by atoms with Crippen LogP contribution in [-0.4, -0.2) is 15.0 Å². The minimum absolute atomic E-state index is 0.298. The summed E-state index contributed by atoms with van der Waals surface area (Å²) in [6.07, 6.45) is 5.87. The van der Waals surface area contributed by atoms with E-state index in [1.165, 1.54) is 4.91 Å². The molecule has 1 aliphatic heterocycles. The molecule has 0 radical (unpaired) electrons. The molecule has 1 heterocycles. The number of rotatable bonds is 6. The summed E-state index contributed by atoms with van der Waals surface area (Å²) in [7, 11) is -3.46. The number of allylic oxidation sites excluding steroid dienone is 2. The van der Waals surface area contributed by atoms with Crippen molar-refractivity contribution in [2.75, 3.05) is 6.54 Å². The van der Waals surface area contributed by atoms with Gasteiger partial charge in [-0.15, -0.1) is 11.8 Å². The van der Waals surface area contributed by atoms with Crippen molar-refractivity contribution in [3.63, 3.8) is 0 Å². The van der Waals surface area contributed by atoms with Crippen molar-refractivity contribution >= 4 is 21.8 Å². The first-order valence-electron chi connectivity index (χ1n) is 7.81. The van der Waals surface area contributed by atoms with Gasteiger partial charge in [0.05, 0.1) is 4.90 Å². The molecule has 5 heteroatoms. The monoisotopic (exact) mass is 357 g/mol. The molecule has 2 aromatic carbocycles. The van der Waals surface area contributed by atoms with E-state index in [4.69, 9.17) is 0 Å². The predicted molar refractivity (Wildman–Crippen MR) is 101 cm³/mol. The van der Waals surface area contributed by atoms with Crippen LogP contribution in [-0.2, 0) is 10.0 Å². The molecule has 0 amide bonds. The van der Waals surface area contributed by atoms with E-state index in [1.54, 1.807) is 23.9 Å². The Kier molecular flexibility index (Phi) is 5.56. The SMILES string of the molecule is O=S(=O)(NCCC1=CCC=CS1)c1ccc(-c2ccccc2)cc1. The quantitative estimate of drug-likeness (QED) is 0.824. The molecule has 124 valence electrons. The molecule has 1 N–H and O–H groups in total. The molecule has 0 fully saturated rings. The summed E-state index contributed by atoms with van der Waals surface area (Å²) >= 11 is 1.65. The van der Waals surface area contributed by atoms with E-state index in [9.17, 15) is 8.42 Å². The largest absolute Gasteiger partial charge is 0.240 e. The fourth-order valence-corrected chi connectivity index (χ4v) is 4.28. The standard InChI is InChI=1S/C19H19NO2S2/c21-24(22,20-14-13-18-8-4-5-15-23-18)19-11-9-17(10-12-19)16-6-2-1-3-7-16/h1-3,5-12,15,20H,4,13-14H2. The second-order valence-electron chi connectivity index (χ2n) is 5.43. The lowest BCUT2D eigenvalue weighted by molar-refractivity contribution is 0.582. The third-order valence-electron chi connectivity index (χ3n) is 3.73. The first-order valence-corrected chi connectivity index (χ1v) is 10.2. The second-order valence-corrected chi connectivity index (χ2v) is 8.23. The lowest BCUT2D eigenvalue weighted by atomic mass is 10.1. The number of hydrogen-bond acceptors (Lipinski definition) is 3. The van der Waals surface area contributed by atoms with Gasteiger partial charge in [-0.05, 0) is 46.4 Å². The van der Waals surface area contributed by atoms with Crippen molar-refractivity contribution in [1.82, 2.24) is 4.72 Å². The van der Waals surface area contributed by atoms with Crippen molar-refractivity contribution < 1.29 is 8.42 Å². The average molecular weight is 358 g/mol. The molecule has 0 unspecified atom stereocenters. The molecule has 1 aliphatic rings. The first kappa shape index (κ1) is 17.0. The van der Waals surface area contributed by atoms with Gasteiger partial charge in [0.2, 0.25) is 10.0 Å². The van der Waals surface area contributed by atoms with Gasteiger partial charge in [0.1, 0.15) is 0 Å². The highest BCUT2D eigenvalue weighted by Gasteiger charge is 2.13. The van der Waals surface area contributed by atoms with Gasteiger partial charge < -0.3 is 0 Å². The molecule has 0 spiro atoms. The minimum atomic E-state index is -3.46. The summed E-state index contributed by atoms with van der Waals surface area (Å²) in [6, 6.07) is 16.9. The van der Waals surface area contributed by atoms with E-state index in [-0.39, 0.29) is 0 Å². The molecule has 3 nitrogen and oxygen atoms in total. The average Bonchev–Trinajstić information content (AvgIpc) is 2.63. The second kappa shape index (κ2) is 7.83. The molecule has 0 saturated carbocycles. The van der Waals surface area contributed by atoms with Gasteiger partial charge in [-0.3, -0.25) is 0 Å². The number of nitrogens with one attached hydrogen (secondary N) is 1. The van der Waals surface area contributed by atoms with Gasteiger partial charge in [-0.1, -0.05) is 54.6 Å². The van der Waals surface area contributed by atoms with Crippen molar-refractivity contribution in [1.29, 1.82) is 0 Å². The van der Waals surface area contributed by atoms with Crippen LogP contribution in [0.5, 0.6) is 0 Å². The van der Waals surface area contributed by atoms with Crippen LogP contribution < -0.4 is 4.72 Å². The molecule has 0 aromatic heterocycles. The van der Waals surface area contributed by atoms with Crippen LogP contribution in [0.2, 0.25) is 0 Å². The molecule has 0 atom stereocenters. The molecule has 0 saturated heterocycles. The van der Waals surface area contributed by atoms with E-state index < -0.39 is 10.0 Å².